The maximum atomic E-state index is 11.5. The Bertz CT molecular complexity index is 429. The van der Waals surface area contributed by atoms with Crippen LogP contribution in [0.2, 0.25) is 0 Å². The summed E-state index contributed by atoms with van der Waals surface area (Å²) in [6, 6.07) is 7.50. The van der Waals surface area contributed by atoms with Crippen LogP contribution in [0.4, 0.5) is 4.79 Å². The van der Waals surface area contributed by atoms with Gasteiger partial charge >= 0.3 is 12.0 Å². The van der Waals surface area contributed by atoms with Gasteiger partial charge in [-0.05, 0) is 18.9 Å². The van der Waals surface area contributed by atoms with Crippen molar-refractivity contribution in [1.82, 2.24) is 10.6 Å². The Kier molecular flexibility index (Phi) is 5.85. The largest absolute Gasteiger partial charge is 0.481 e. The molecular weight excluding hydrogens is 244 g/mol. The monoisotopic (exact) mass is 264 g/mol. The van der Waals surface area contributed by atoms with E-state index < -0.39 is 11.9 Å². The molecule has 0 aliphatic carbocycles. The van der Waals surface area contributed by atoms with Gasteiger partial charge in [-0.25, -0.2) is 4.79 Å². The van der Waals surface area contributed by atoms with E-state index >= 15 is 0 Å². The second-order valence-electron chi connectivity index (χ2n) is 4.49. The molecule has 0 aliphatic rings. The Hall–Kier alpha value is -2.04. The lowest BCUT2D eigenvalue weighted by Crippen LogP contribution is -2.39. The summed E-state index contributed by atoms with van der Waals surface area (Å²) in [7, 11) is 0. The SMILES string of the molecule is CCC(CNC(=O)NCc1ccc(C)cc1)C(=O)O. The van der Waals surface area contributed by atoms with Gasteiger partial charge in [-0.1, -0.05) is 36.8 Å². The first-order chi connectivity index (χ1) is 9.02. The molecule has 1 rings (SSSR count). The van der Waals surface area contributed by atoms with Crippen molar-refractivity contribution in [3.8, 4) is 0 Å². The highest BCUT2D eigenvalue weighted by atomic mass is 16.4. The van der Waals surface area contributed by atoms with Crippen molar-refractivity contribution in [3.05, 3.63) is 35.4 Å². The highest BCUT2D eigenvalue weighted by Gasteiger charge is 2.15. The molecule has 5 heteroatoms. The van der Waals surface area contributed by atoms with E-state index in [9.17, 15) is 9.59 Å². The third kappa shape index (κ3) is 5.42. The number of carboxylic acids is 1. The molecule has 19 heavy (non-hydrogen) atoms. The quantitative estimate of drug-likeness (QED) is 0.734. The highest BCUT2D eigenvalue weighted by Crippen LogP contribution is 2.03. The van der Waals surface area contributed by atoms with E-state index in [0.717, 1.165) is 5.56 Å². The molecule has 0 bridgehead atoms. The van der Waals surface area contributed by atoms with E-state index in [1.807, 2.05) is 31.2 Å². The molecule has 2 amide bonds. The molecule has 0 aliphatic heterocycles. The van der Waals surface area contributed by atoms with Gasteiger partial charge < -0.3 is 15.7 Å². The molecule has 5 nitrogen and oxygen atoms in total. The average Bonchev–Trinajstić information content (AvgIpc) is 2.38. The Balaban J connectivity index is 2.31. The fourth-order valence-corrected chi connectivity index (χ4v) is 1.57. The summed E-state index contributed by atoms with van der Waals surface area (Å²) in [4.78, 5) is 22.3. The third-order valence-electron chi connectivity index (χ3n) is 2.92. The molecule has 0 radical (unpaired) electrons. The van der Waals surface area contributed by atoms with Gasteiger partial charge in [-0.15, -0.1) is 0 Å². The number of carboxylic acid groups (broad SMARTS) is 1. The first-order valence-corrected chi connectivity index (χ1v) is 6.33. The zero-order chi connectivity index (χ0) is 14.3. The van der Waals surface area contributed by atoms with Crippen molar-refractivity contribution in [2.45, 2.75) is 26.8 Å². The van der Waals surface area contributed by atoms with Gasteiger partial charge in [0.05, 0.1) is 5.92 Å². The fraction of sp³-hybridized carbons (Fsp3) is 0.429. The van der Waals surface area contributed by atoms with Gasteiger partial charge in [0, 0.05) is 13.1 Å². The van der Waals surface area contributed by atoms with Gasteiger partial charge in [0.25, 0.3) is 0 Å². The first-order valence-electron chi connectivity index (χ1n) is 6.33. The van der Waals surface area contributed by atoms with Crippen LogP contribution in [0.25, 0.3) is 0 Å². The normalized spacial score (nSPS) is 11.7. The lowest BCUT2D eigenvalue weighted by atomic mass is 10.1. The second-order valence-corrected chi connectivity index (χ2v) is 4.49. The summed E-state index contributed by atoms with van der Waals surface area (Å²) in [5.74, 6) is -1.42. The number of urea groups is 1. The number of carbonyl (C=O) groups excluding carboxylic acids is 1. The van der Waals surface area contributed by atoms with E-state index in [1.165, 1.54) is 5.56 Å². The Morgan fingerprint density at radius 2 is 1.84 bits per heavy atom. The van der Waals surface area contributed by atoms with Crippen molar-refractivity contribution in [2.75, 3.05) is 6.54 Å². The third-order valence-corrected chi connectivity index (χ3v) is 2.92. The minimum absolute atomic E-state index is 0.144. The Morgan fingerprint density at radius 3 is 2.37 bits per heavy atom. The predicted octanol–water partition coefficient (Wildman–Crippen LogP) is 1.91. The molecule has 0 spiro atoms. The average molecular weight is 264 g/mol. The lowest BCUT2D eigenvalue weighted by Gasteiger charge is -2.12. The summed E-state index contributed by atoms with van der Waals surface area (Å²) in [6.07, 6.45) is 0.494. The molecule has 0 fully saturated rings. The molecule has 1 aromatic carbocycles. The van der Waals surface area contributed by atoms with Crippen molar-refractivity contribution >= 4 is 12.0 Å². The molecule has 0 saturated heterocycles. The zero-order valence-corrected chi connectivity index (χ0v) is 11.3. The second kappa shape index (κ2) is 7.41. The molecule has 104 valence electrons. The van der Waals surface area contributed by atoms with E-state index in [0.29, 0.717) is 13.0 Å². The van der Waals surface area contributed by atoms with E-state index in [1.54, 1.807) is 6.92 Å². The van der Waals surface area contributed by atoms with Crippen LogP contribution in [0, 0.1) is 12.8 Å². The van der Waals surface area contributed by atoms with Crippen LogP contribution in [0.3, 0.4) is 0 Å². The minimum Gasteiger partial charge on any atom is -0.481 e. The smallest absolute Gasteiger partial charge is 0.315 e. The van der Waals surface area contributed by atoms with Crippen LogP contribution in [0.5, 0.6) is 0 Å². The number of carbonyl (C=O) groups is 2. The van der Waals surface area contributed by atoms with Crippen LogP contribution >= 0.6 is 0 Å². The maximum Gasteiger partial charge on any atom is 0.315 e. The molecule has 3 N–H and O–H groups in total. The summed E-state index contributed by atoms with van der Waals surface area (Å²) in [6.45, 7) is 4.35. The number of rotatable bonds is 6. The van der Waals surface area contributed by atoms with Crippen LogP contribution in [-0.2, 0) is 11.3 Å². The first kappa shape index (κ1) is 15.0. The zero-order valence-electron chi connectivity index (χ0n) is 11.3. The van der Waals surface area contributed by atoms with E-state index in [2.05, 4.69) is 10.6 Å². The number of benzene rings is 1. The number of nitrogens with one attached hydrogen (secondary N) is 2. The summed E-state index contributed by atoms with van der Waals surface area (Å²) >= 11 is 0. The van der Waals surface area contributed by atoms with Crippen LogP contribution < -0.4 is 10.6 Å². The van der Waals surface area contributed by atoms with Crippen LogP contribution in [0.1, 0.15) is 24.5 Å². The standard InChI is InChI=1S/C14H20N2O3/c1-3-12(13(17)18)9-16-14(19)15-8-11-6-4-10(2)5-7-11/h4-7,12H,3,8-9H2,1-2H3,(H,17,18)(H2,15,16,19). The summed E-state index contributed by atoms with van der Waals surface area (Å²) < 4.78 is 0. The number of aliphatic carboxylic acids is 1. The van der Waals surface area contributed by atoms with E-state index in [-0.39, 0.29) is 12.6 Å². The number of hydrogen-bond donors (Lipinski definition) is 3. The molecule has 0 saturated carbocycles. The predicted molar refractivity (Wildman–Crippen MR) is 72.8 cm³/mol. The molecular formula is C14H20N2O3. The van der Waals surface area contributed by atoms with Crippen LogP contribution in [0.15, 0.2) is 24.3 Å². The topological polar surface area (TPSA) is 78.4 Å². The number of hydrogen-bond acceptors (Lipinski definition) is 2. The van der Waals surface area contributed by atoms with Crippen molar-refractivity contribution in [1.29, 1.82) is 0 Å². The molecule has 0 heterocycles. The maximum absolute atomic E-state index is 11.5. The Labute approximate surface area is 113 Å². The number of amides is 2. The highest BCUT2D eigenvalue weighted by molar-refractivity contribution is 5.75. The van der Waals surface area contributed by atoms with E-state index in [4.69, 9.17) is 5.11 Å². The molecule has 1 aromatic rings. The molecule has 0 aromatic heterocycles. The molecule has 1 atom stereocenters. The fourth-order valence-electron chi connectivity index (χ4n) is 1.57. The Morgan fingerprint density at radius 1 is 1.21 bits per heavy atom. The number of aryl methyl sites for hydroxylation is 1. The van der Waals surface area contributed by atoms with Gasteiger partial charge in [-0.2, -0.15) is 0 Å². The van der Waals surface area contributed by atoms with Crippen molar-refractivity contribution in [3.63, 3.8) is 0 Å². The summed E-state index contributed by atoms with van der Waals surface area (Å²) in [5.41, 5.74) is 2.17. The van der Waals surface area contributed by atoms with Gasteiger partial charge in [-0.3, -0.25) is 4.79 Å². The van der Waals surface area contributed by atoms with Crippen LogP contribution in [-0.4, -0.2) is 23.7 Å². The van der Waals surface area contributed by atoms with Gasteiger partial charge in [0.1, 0.15) is 0 Å². The molecule has 1 unspecified atom stereocenters. The van der Waals surface area contributed by atoms with Gasteiger partial charge in [0.2, 0.25) is 0 Å². The lowest BCUT2D eigenvalue weighted by molar-refractivity contribution is -0.141. The summed E-state index contributed by atoms with van der Waals surface area (Å²) in [5, 5.41) is 14.1. The van der Waals surface area contributed by atoms with Crippen molar-refractivity contribution < 1.29 is 14.7 Å². The van der Waals surface area contributed by atoms with Gasteiger partial charge in [0.15, 0.2) is 0 Å². The van der Waals surface area contributed by atoms with Crippen molar-refractivity contribution in [2.24, 2.45) is 5.92 Å². The minimum atomic E-state index is -0.888.